The highest BCUT2D eigenvalue weighted by molar-refractivity contribution is 9.10. The lowest BCUT2D eigenvalue weighted by Crippen LogP contribution is -2.48. The molecule has 1 unspecified atom stereocenters. The van der Waals surface area contributed by atoms with Gasteiger partial charge in [0.25, 0.3) is 17.7 Å². The van der Waals surface area contributed by atoms with Crippen LogP contribution in [0.5, 0.6) is 11.5 Å². The quantitative estimate of drug-likeness (QED) is 0.315. The van der Waals surface area contributed by atoms with Crippen molar-refractivity contribution in [2.75, 3.05) is 13.7 Å². The molecule has 0 aromatic heterocycles. The first kappa shape index (κ1) is 26.1. The molecule has 33 heavy (non-hydrogen) atoms. The van der Waals surface area contributed by atoms with Gasteiger partial charge >= 0.3 is 0 Å². The van der Waals surface area contributed by atoms with Crippen molar-refractivity contribution < 1.29 is 23.9 Å². The number of nitrogens with two attached hydrogens (primary N) is 1. The fourth-order valence-corrected chi connectivity index (χ4v) is 3.53. The minimum Gasteiger partial charge on any atom is -0.493 e. The van der Waals surface area contributed by atoms with Crippen LogP contribution in [0, 0.1) is 5.92 Å². The summed E-state index contributed by atoms with van der Waals surface area (Å²) >= 11 is 9.41. The highest BCUT2D eigenvalue weighted by atomic mass is 79.9. The number of nitrogens with zero attached hydrogens (tertiary/aromatic N) is 1. The number of ether oxygens (including phenoxy) is 2. The zero-order chi connectivity index (χ0) is 24.5. The molecule has 0 saturated heterocycles. The fourth-order valence-electron chi connectivity index (χ4n) is 2.74. The van der Waals surface area contributed by atoms with E-state index in [-0.39, 0.29) is 18.1 Å². The molecule has 0 aliphatic rings. The summed E-state index contributed by atoms with van der Waals surface area (Å²) in [6.45, 7) is 3.29. The Bertz CT molecular complexity index is 1060. The number of carbonyl (C=O) groups is 3. The minimum absolute atomic E-state index is 0.206. The number of nitrogens with one attached hydrogen (secondary N) is 2. The molecule has 9 nitrogen and oxygen atoms in total. The number of methoxy groups -OCH3 is 1. The molecule has 2 aromatic carbocycles. The van der Waals surface area contributed by atoms with Gasteiger partial charge in [-0.2, -0.15) is 5.10 Å². The molecule has 11 heteroatoms. The number of hydrazone groups is 1. The van der Waals surface area contributed by atoms with Crippen molar-refractivity contribution in [3.8, 4) is 11.5 Å². The third kappa shape index (κ3) is 7.47. The summed E-state index contributed by atoms with van der Waals surface area (Å²) in [6, 6.07) is 9.01. The van der Waals surface area contributed by atoms with E-state index in [0.29, 0.717) is 26.6 Å². The van der Waals surface area contributed by atoms with Crippen LogP contribution in [-0.2, 0) is 9.59 Å². The van der Waals surface area contributed by atoms with Crippen LogP contribution in [0.3, 0.4) is 0 Å². The molecule has 176 valence electrons. The van der Waals surface area contributed by atoms with Crippen LogP contribution in [0.15, 0.2) is 46.0 Å². The maximum absolute atomic E-state index is 12.6. The van der Waals surface area contributed by atoms with Gasteiger partial charge < -0.3 is 20.5 Å². The van der Waals surface area contributed by atoms with E-state index in [0.717, 1.165) is 0 Å². The zero-order valence-electron chi connectivity index (χ0n) is 18.2. The Hall–Kier alpha value is -3.11. The predicted molar refractivity (Wildman–Crippen MR) is 129 cm³/mol. The van der Waals surface area contributed by atoms with Crippen molar-refractivity contribution in [2.24, 2.45) is 16.8 Å². The Labute approximate surface area is 204 Å². The molecule has 3 amide bonds. The second-order valence-corrected chi connectivity index (χ2v) is 8.46. The maximum atomic E-state index is 12.6. The Morgan fingerprint density at radius 3 is 2.55 bits per heavy atom. The summed E-state index contributed by atoms with van der Waals surface area (Å²) in [5, 5.41) is 6.95. The third-order valence-corrected chi connectivity index (χ3v) is 5.27. The molecule has 1 atom stereocenters. The third-order valence-electron chi connectivity index (χ3n) is 4.35. The van der Waals surface area contributed by atoms with E-state index >= 15 is 0 Å². The first-order chi connectivity index (χ1) is 15.6. The van der Waals surface area contributed by atoms with E-state index in [1.165, 1.54) is 13.3 Å². The van der Waals surface area contributed by atoms with E-state index in [9.17, 15) is 14.4 Å². The van der Waals surface area contributed by atoms with Gasteiger partial charge in [0.15, 0.2) is 18.1 Å². The first-order valence-electron chi connectivity index (χ1n) is 9.81. The second-order valence-electron chi connectivity index (χ2n) is 7.20. The smallest absolute Gasteiger partial charge is 0.262 e. The maximum Gasteiger partial charge on any atom is 0.262 e. The van der Waals surface area contributed by atoms with Gasteiger partial charge in [0.1, 0.15) is 6.04 Å². The Morgan fingerprint density at radius 2 is 1.94 bits per heavy atom. The van der Waals surface area contributed by atoms with Crippen molar-refractivity contribution in [2.45, 2.75) is 19.9 Å². The van der Waals surface area contributed by atoms with Gasteiger partial charge in [-0.05, 0) is 51.7 Å². The Kier molecular flexibility index (Phi) is 9.68. The first-order valence-corrected chi connectivity index (χ1v) is 11.0. The van der Waals surface area contributed by atoms with Crippen LogP contribution in [0.4, 0.5) is 0 Å². The SMILES string of the molecule is COc1cc(C=NNC(=O)C(NC(=O)c2ccccc2Cl)C(C)C)cc(Br)c1OCC(N)=O. The lowest BCUT2D eigenvalue weighted by atomic mass is 10.0. The minimum atomic E-state index is -0.836. The van der Waals surface area contributed by atoms with Gasteiger partial charge in [-0.25, -0.2) is 5.43 Å². The highest BCUT2D eigenvalue weighted by Crippen LogP contribution is 2.36. The molecule has 0 heterocycles. The number of benzene rings is 2. The standard InChI is InChI=1S/C22H24BrClN4O5/c1-12(2)19(27-21(30)14-6-4-5-7-16(14)24)22(31)28-26-10-13-8-15(23)20(17(9-13)32-3)33-11-18(25)29/h4-10,12,19H,11H2,1-3H3,(H2,25,29)(H,27,30)(H,28,31). The van der Waals surface area contributed by atoms with Crippen molar-refractivity contribution in [1.82, 2.24) is 10.7 Å². The fraction of sp³-hybridized carbons (Fsp3) is 0.273. The van der Waals surface area contributed by atoms with Crippen molar-refractivity contribution in [1.29, 1.82) is 0 Å². The molecule has 0 bridgehead atoms. The predicted octanol–water partition coefficient (Wildman–Crippen LogP) is 2.88. The number of hydrogen-bond acceptors (Lipinski definition) is 6. The van der Waals surface area contributed by atoms with E-state index in [4.69, 9.17) is 26.8 Å². The molecule has 0 fully saturated rings. The number of primary amides is 1. The summed E-state index contributed by atoms with van der Waals surface area (Å²) in [4.78, 5) is 36.2. The topological polar surface area (TPSA) is 132 Å². The molecule has 0 aliphatic heterocycles. The number of hydrogen-bond donors (Lipinski definition) is 3. The summed E-state index contributed by atoms with van der Waals surface area (Å²) in [7, 11) is 1.44. The van der Waals surface area contributed by atoms with E-state index in [1.54, 1.807) is 50.2 Å². The normalized spacial score (nSPS) is 11.8. The van der Waals surface area contributed by atoms with Gasteiger partial charge in [0.2, 0.25) is 0 Å². The molecular weight excluding hydrogens is 516 g/mol. The average molecular weight is 540 g/mol. The Balaban J connectivity index is 2.10. The van der Waals surface area contributed by atoms with Gasteiger partial charge in [-0.3, -0.25) is 14.4 Å². The van der Waals surface area contributed by atoms with Crippen LogP contribution in [0.25, 0.3) is 0 Å². The number of carbonyl (C=O) groups excluding carboxylic acids is 3. The molecular formula is C22H24BrClN4O5. The molecule has 0 radical (unpaired) electrons. The summed E-state index contributed by atoms with van der Waals surface area (Å²) < 4.78 is 11.1. The monoisotopic (exact) mass is 538 g/mol. The van der Waals surface area contributed by atoms with Gasteiger partial charge in [0, 0.05) is 0 Å². The molecule has 0 spiro atoms. The van der Waals surface area contributed by atoms with E-state index in [2.05, 4.69) is 31.8 Å². The number of rotatable bonds is 10. The van der Waals surface area contributed by atoms with E-state index < -0.39 is 23.8 Å². The van der Waals surface area contributed by atoms with Crippen LogP contribution >= 0.6 is 27.5 Å². The lowest BCUT2D eigenvalue weighted by molar-refractivity contribution is -0.124. The molecule has 0 saturated carbocycles. The van der Waals surface area contributed by atoms with Crippen LogP contribution in [-0.4, -0.2) is 43.7 Å². The van der Waals surface area contributed by atoms with Crippen LogP contribution in [0.1, 0.15) is 29.8 Å². The number of halogens is 2. The molecule has 2 aromatic rings. The van der Waals surface area contributed by atoms with Gasteiger partial charge in [-0.15, -0.1) is 0 Å². The van der Waals surface area contributed by atoms with Gasteiger partial charge in [0.05, 0.1) is 28.4 Å². The summed E-state index contributed by atoms with van der Waals surface area (Å²) in [5.74, 6) is -1.14. The summed E-state index contributed by atoms with van der Waals surface area (Å²) in [6.07, 6.45) is 1.40. The molecule has 2 rings (SSSR count). The second kappa shape index (κ2) is 12.2. The average Bonchev–Trinajstić information content (AvgIpc) is 2.76. The van der Waals surface area contributed by atoms with Crippen molar-refractivity contribution >= 4 is 51.5 Å². The van der Waals surface area contributed by atoms with Crippen LogP contribution < -0.4 is 25.9 Å². The summed E-state index contributed by atoms with van der Waals surface area (Å²) in [5.41, 5.74) is 8.39. The largest absolute Gasteiger partial charge is 0.493 e. The molecule has 0 aliphatic carbocycles. The number of amides is 3. The van der Waals surface area contributed by atoms with Crippen molar-refractivity contribution in [3.63, 3.8) is 0 Å². The van der Waals surface area contributed by atoms with E-state index in [1.807, 2.05) is 0 Å². The molecule has 4 N–H and O–H groups in total. The van der Waals surface area contributed by atoms with Gasteiger partial charge in [-0.1, -0.05) is 37.6 Å². The van der Waals surface area contributed by atoms with Crippen LogP contribution in [0.2, 0.25) is 5.02 Å². The Morgan fingerprint density at radius 1 is 1.24 bits per heavy atom. The highest BCUT2D eigenvalue weighted by Gasteiger charge is 2.25. The lowest BCUT2D eigenvalue weighted by Gasteiger charge is -2.20. The zero-order valence-corrected chi connectivity index (χ0v) is 20.6. The van der Waals surface area contributed by atoms with Crippen molar-refractivity contribution in [3.05, 3.63) is 57.0 Å².